The van der Waals surface area contributed by atoms with Gasteiger partial charge < -0.3 is 0 Å². The van der Waals surface area contributed by atoms with Crippen LogP contribution in [0.15, 0.2) is 24.3 Å². The van der Waals surface area contributed by atoms with Gasteiger partial charge >= 0.3 is 0 Å². The minimum Gasteiger partial charge on any atom is -0.193 e. The summed E-state index contributed by atoms with van der Waals surface area (Å²) in [6.45, 7) is 2.09. The fourth-order valence-corrected chi connectivity index (χ4v) is 1.84. The molecule has 0 fully saturated rings. The van der Waals surface area contributed by atoms with Crippen molar-refractivity contribution in [1.82, 2.24) is 0 Å². The fourth-order valence-electron chi connectivity index (χ4n) is 1.84. The van der Waals surface area contributed by atoms with E-state index in [9.17, 15) is 0 Å². The molecule has 0 saturated carbocycles. The molecular weight excluding hydrogens is 158 g/mol. The lowest BCUT2D eigenvalue weighted by Gasteiger charge is -2.00. The Balaban J connectivity index is 2.54. The largest absolute Gasteiger partial charge is 0.193 e. The van der Waals surface area contributed by atoms with Crippen molar-refractivity contribution < 1.29 is 0 Å². The average molecular weight is 169 g/mol. The molecule has 0 saturated heterocycles. The summed E-state index contributed by atoms with van der Waals surface area (Å²) in [6, 6.07) is 8.58. The van der Waals surface area contributed by atoms with Gasteiger partial charge in [0.2, 0.25) is 0 Å². The highest BCUT2D eigenvalue weighted by molar-refractivity contribution is 5.74. The Labute approximate surface area is 78.3 Å². The quantitative estimate of drug-likeness (QED) is 0.548. The van der Waals surface area contributed by atoms with Crippen LogP contribution in [0.2, 0.25) is 0 Å². The number of rotatable bonds is 0. The number of hydrogen-bond donors (Lipinski definition) is 0. The Hall–Kier alpha value is -1.55. The molecule has 0 aliphatic heterocycles. The zero-order valence-electron chi connectivity index (χ0n) is 7.67. The third-order valence-corrected chi connectivity index (χ3v) is 2.51. The molecule has 0 aromatic heterocycles. The topological polar surface area (TPSA) is 23.8 Å². The zero-order chi connectivity index (χ0) is 9.26. The van der Waals surface area contributed by atoms with Gasteiger partial charge in [0.15, 0.2) is 0 Å². The standard InChI is InChI=1S/C12H11N/c1-9-2-3-10-4-5-11(6-7-13)12(10)8-9/h2-3,6,8H,4-5H2,1H3/b11-6+. The summed E-state index contributed by atoms with van der Waals surface area (Å²) < 4.78 is 0. The first-order chi connectivity index (χ1) is 6.31. The van der Waals surface area contributed by atoms with Crippen LogP contribution in [0.25, 0.3) is 5.57 Å². The Kier molecular flexibility index (Phi) is 1.90. The first kappa shape index (κ1) is 8.07. The van der Waals surface area contributed by atoms with Crippen LogP contribution in [-0.4, -0.2) is 0 Å². The second-order valence-electron chi connectivity index (χ2n) is 3.46. The van der Waals surface area contributed by atoms with Gasteiger partial charge in [0.1, 0.15) is 0 Å². The van der Waals surface area contributed by atoms with Crippen LogP contribution in [0.3, 0.4) is 0 Å². The number of hydrogen-bond acceptors (Lipinski definition) is 1. The number of benzene rings is 1. The molecule has 64 valence electrons. The van der Waals surface area contributed by atoms with E-state index in [1.165, 1.54) is 22.3 Å². The van der Waals surface area contributed by atoms with E-state index >= 15 is 0 Å². The van der Waals surface area contributed by atoms with Crippen LogP contribution < -0.4 is 0 Å². The summed E-state index contributed by atoms with van der Waals surface area (Å²) in [5, 5.41) is 8.60. The summed E-state index contributed by atoms with van der Waals surface area (Å²) in [6.07, 6.45) is 3.78. The van der Waals surface area contributed by atoms with Crippen molar-refractivity contribution in [3.63, 3.8) is 0 Å². The van der Waals surface area contributed by atoms with Crippen LogP contribution in [0.1, 0.15) is 23.1 Å². The molecule has 1 aromatic rings. The second kappa shape index (κ2) is 3.06. The van der Waals surface area contributed by atoms with Gasteiger partial charge in [-0.2, -0.15) is 5.26 Å². The average Bonchev–Trinajstić information content (AvgIpc) is 2.49. The van der Waals surface area contributed by atoms with Crippen LogP contribution in [0.4, 0.5) is 0 Å². The SMILES string of the molecule is Cc1ccc2c(c1)/C(=C/C#N)CC2. The molecule has 0 amide bonds. The molecule has 0 unspecified atom stereocenters. The zero-order valence-corrected chi connectivity index (χ0v) is 7.67. The summed E-state index contributed by atoms with van der Waals surface area (Å²) in [4.78, 5) is 0. The first-order valence-electron chi connectivity index (χ1n) is 4.50. The maximum Gasteiger partial charge on any atom is 0.0915 e. The number of nitrogens with zero attached hydrogens (tertiary/aromatic N) is 1. The van der Waals surface area contributed by atoms with Crippen LogP contribution in [-0.2, 0) is 6.42 Å². The molecule has 1 aromatic carbocycles. The predicted molar refractivity (Wildman–Crippen MR) is 53.1 cm³/mol. The lowest BCUT2D eigenvalue weighted by Crippen LogP contribution is -1.82. The minimum atomic E-state index is 1.02. The van der Waals surface area contributed by atoms with Crippen molar-refractivity contribution in [1.29, 1.82) is 5.26 Å². The Morgan fingerprint density at radius 2 is 2.23 bits per heavy atom. The molecule has 0 radical (unpaired) electrons. The van der Waals surface area contributed by atoms with Gasteiger partial charge in [0.05, 0.1) is 6.07 Å². The number of aryl methyl sites for hydroxylation is 2. The molecule has 0 atom stereocenters. The van der Waals surface area contributed by atoms with Crippen molar-refractivity contribution in [2.24, 2.45) is 0 Å². The molecule has 1 heteroatoms. The molecule has 0 bridgehead atoms. The van der Waals surface area contributed by atoms with E-state index in [2.05, 4.69) is 31.2 Å². The van der Waals surface area contributed by atoms with Crippen LogP contribution in [0, 0.1) is 18.3 Å². The highest BCUT2D eigenvalue weighted by Crippen LogP contribution is 2.32. The van der Waals surface area contributed by atoms with Crippen molar-refractivity contribution in [2.75, 3.05) is 0 Å². The van der Waals surface area contributed by atoms with Crippen molar-refractivity contribution in [3.05, 3.63) is 41.0 Å². The highest BCUT2D eigenvalue weighted by Gasteiger charge is 2.15. The van der Waals surface area contributed by atoms with Gasteiger partial charge in [-0.15, -0.1) is 0 Å². The van der Waals surface area contributed by atoms with E-state index in [0.717, 1.165) is 12.8 Å². The van der Waals surface area contributed by atoms with Crippen molar-refractivity contribution in [2.45, 2.75) is 19.8 Å². The van der Waals surface area contributed by atoms with Gasteiger partial charge in [-0.25, -0.2) is 0 Å². The Morgan fingerprint density at radius 1 is 1.38 bits per heavy atom. The molecule has 1 aliphatic rings. The first-order valence-corrected chi connectivity index (χ1v) is 4.50. The Morgan fingerprint density at radius 3 is 3.00 bits per heavy atom. The number of fused-ring (bicyclic) bond motifs is 1. The lowest BCUT2D eigenvalue weighted by molar-refractivity contribution is 1.08. The van der Waals surface area contributed by atoms with Gasteiger partial charge in [0, 0.05) is 6.08 Å². The minimum absolute atomic E-state index is 1.02. The van der Waals surface area contributed by atoms with E-state index < -0.39 is 0 Å². The molecule has 2 rings (SSSR count). The van der Waals surface area contributed by atoms with Crippen LogP contribution in [0.5, 0.6) is 0 Å². The Bertz CT molecular complexity index is 408. The lowest BCUT2D eigenvalue weighted by atomic mass is 10.0. The summed E-state index contributed by atoms with van der Waals surface area (Å²) in [5.41, 5.74) is 5.12. The monoisotopic (exact) mass is 169 g/mol. The molecule has 0 spiro atoms. The smallest absolute Gasteiger partial charge is 0.0915 e. The van der Waals surface area contributed by atoms with Crippen molar-refractivity contribution >= 4 is 5.57 Å². The summed E-state index contributed by atoms with van der Waals surface area (Å²) >= 11 is 0. The van der Waals surface area contributed by atoms with E-state index in [-0.39, 0.29) is 0 Å². The van der Waals surface area contributed by atoms with Gasteiger partial charge in [-0.1, -0.05) is 23.8 Å². The van der Waals surface area contributed by atoms with E-state index in [1.807, 2.05) is 0 Å². The fraction of sp³-hybridized carbons (Fsp3) is 0.250. The van der Waals surface area contributed by atoms with Crippen molar-refractivity contribution in [3.8, 4) is 6.07 Å². The normalized spacial score (nSPS) is 17.1. The van der Waals surface area contributed by atoms with Gasteiger partial charge in [0.25, 0.3) is 0 Å². The van der Waals surface area contributed by atoms with E-state index in [1.54, 1.807) is 6.08 Å². The van der Waals surface area contributed by atoms with Crippen LogP contribution >= 0.6 is 0 Å². The highest BCUT2D eigenvalue weighted by atomic mass is 14.2. The predicted octanol–water partition coefficient (Wildman–Crippen LogP) is 2.85. The number of nitriles is 1. The molecule has 13 heavy (non-hydrogen) atoms. The third-order valence-electron chi connectivity index (χ3n) is 2.51. The maximum atomic E-state index is 8.60. The second-order valence-corrected chi connectivity index (χ2v) is 3.46. The third kappa shape index (κ3) is 1.36. The molecule has 0 heterocycles. The number of allylic oxidation sites excluding steroid dienone is 2. The molecular formula is C12H11N. The maximum absolute atomic E-state index is 8.60. The molecule has 1 aliphatic carbocycles. The van der Waals surface area contributed by atoms with Gasteiger partial charge in [-0.3, -0.25) is 0 Å². The van der Waals surface area contributed by atoms with E-state index in [0.29, 0.717) is 0 Å². The van der Waals surface area contributed by atoms with E-state index in [4.69, 9.17) is 5.26 Å². The van der Waals surface area contributed by atoms with Gasteiger partial charge in [-0.05, 0) is 36.5 Å². The molecule has 0 N–H and O–H groups in total. The molecule has 1 nitrogen and oxygen atoms in total. The summed E-state index contributed by atoms with van der Waals surface area (Å²) in [7, 11) is 0. The summed E-state index contributed by atoms with van der Waals surface area (Å²) in [5.74, 6) is 0.